The minimum Gasteiger partial charge on any atom is -0.351 e. The number of nitrogens with zero attached hydrogens (tertiary/aromatic N) is 1. The van der Waals surface area contributed by atoms with E-state index in [0.717, 1.165) is 17.4 Å². The number of nitrogens with one attached hydrogen (secondary N) is 1. The number of para-hydroxylation sites is 1. The molecule has 3 nitrogen and oxygen atoms in total. The number of amides is 1. The first-order valence-corrected chi connectivity index (χ1v) is 7.93. The monoisotopic (exact) mass is 310 g/mol. The summed E-state index contributed by atoms with van der Waals surface area (Å²) < 4.78 is 2.13. The van der Waals surface area contributed by atoms with Crippen LogP contribution < -0.4 is 5.32 Å². The molecule has 0 fully saturated rings. The van der Waals surface area contributed by atoms with E-state index in [1.807, 2.05) is 48.7 Å². The van der Waals surface area contributed by atoms with Gasteiger partial charge in [0.1, 0.15) is 0 Å². The van der Waals surface area contributed by atoms with Gasteiger partial charge < -0.3 is 9.88 Å². The van der Waals surface area contributed by atoms with Crippen molar-refractivity contribution in [2.45, 2.75) is 6.54 Å². The maximum Gasteiger partial charge on any atom is 0.253 e. The number of aromatic nitrogens is 1. The molecule has 112 valence electrons. The molecule has 2 aromatic carbocycles. The van der Waals surface area contributed by atoms with Crippen molar-refractivity contribution in [3.8, 4) is 0 Å². The van der Waals surface area contributed by atoms with E-state index in [0.29, 0.717) is 17.9 Å². The Bertz CT molecular complexity index is 780. The Kier molecular flexibility index (Phi) is 4.49. The predicted octanol–water partition coefficient (Wildman–Crippen LogP) is 3.35. The zero-order chi connectivity index (χ0) is 15.4. The molecule has 22 heavy (non-hydrogen) atoms. The number of hydrogen-bond donors (Lipinski definition) is 2. The molecule has 3 rings (SSSR count). The van der Waals surface area contributed by atoms with E-state index >= 15 is 0 Å². The van der Waals surface area contributed by atoms with Crippen molar-refractivity contribution in [2.24, 2.45) is 0 Å². The predicted molar refractivity (Wildman–Crippen MR) is 93.7 cm³/mol. The number of thiol groups is 1. The fourth-order valence-electron chi connectivity index (χ4n) is 2.60. The summed E-state index contributed by atoms with van der Waals surface area (Å²) in [6.45, 7) is 1.32. The summed E-state index contributed by atoms with van der Waals surface area (Å²) in [5, 5.41) is 3.87. The molecule has 0 aliphatic heterocycles. The van der Waals surface area contributed by atoms with Gasteiger partial charge in [-0.2, -0.15) is 12.6 Å². The quantitative estimate of drug-likeness (QED) is 0.696. The zero-order valence-corrected chi connectivity index (χ0v) is 13.1. The van der Waals surface area contributed by atoms with Crippen LogP contribution in [-0.4, -0.2) is 22.8 Å². The SMILES string of the molecule is O=C(NCCS)c1cn(Cc2ccccc2)c2ccccc12. The van der Waals surface area contributed by atoms with Crippen LogP contribution in [0.4, 0.5) is 0 Å². The molecule has 0 aliphatic rings. The standard InChI is InChI=1S/C18H18N2OS/c21-18(19-10-11-22)16-13-20(12-14-6-2-1-3-7-14)17-9-5-4-8-15(16)17/h1-9,13,22H,10-12H2,(H,19,21). The summed E-state index contributed by atoms with van der Waals surface area (Å²) in [6.07, 6.45) is 1.94. The third-order valence-corrected chi connectivity index (χ3v) is 3.85. The molecule has 4 heteroatoms. The Hall–Kier alpha value is -2.20. The Morgan fingerprint density at radius 3 is 2.55 bits per heavy atom. The largest absolute Gasteiger partial charge is 0.351 e. The molecule has 1 N–H and O–H groups in total. The van der Waals surface area contributed by atoms with Gasteiger partial charge in [-0.05, 0) is 11.6 Å². The van der Waals surface area contributed by atoms with Crippen LogP contribution in [0.15, 0.2) is 60.8 Å². The van der Waals surface area contributed by atoms with E-state index in [4.69, 9.17) is 0 Å². The Labute approximate surface area is 135 Å². The first kappa shape index (κ1) is 14.7. The molecule has 0 aliphatic carbocycles. The van der Waals surface area contributed by atoms with Gasteiger partial charge in [-0.15, -0.1) is 0 Å². The number of carbonyl (C=O) groups excluding carboxylic acids is 1. The summed E-state index contributed by atoms with van der Waals surface area (Å²) in [5.74, 6) is 0.589. The van der Waals surface area contributed by atoms with Crippen molar-refractivity contribution in [2.75, 3.05) is 12.3 Å². The van der Waals surface area contributed by atoms with Crippen LogP contribution >= 0.6 is 12.6 Å². The lowest BCUT2D eigenvalue weighted by atomic mass is 10.1. The van der Waals surface area contributed by atoms with Gasteiger partial charge >= 0.3 is 0 Å². The van der Waals surface area contributed by atoms with Gasteiger partial charge in [-0.3, -0.25) is 4.79 Å². The molecular formula is C18H18N2OS. The highest BCUT2D eigenvalue weighted by molar-refractivity contribution is 7.80. The highest BCUT2D eigenvalue weighted by Gasteiger charge is 2.14. The zero-order valence-electron chi connectivity index (χ0n) is 12.2. The third-order valence-electron chi connectivity index (χ3n) is 3.63. The van der Waals surface area contributed by atoms with Crippen molar-refractivity contribution in [3.05, 3.63) is 71.9 Å². The maximum absolute atomic E-state index is 12.3. The van der Waals surface area contributed by atoms with Crippen LogP contribution in [0.2, 0.25) is 0 Å². The second-order valence-electron chi connectivity index (χ2n) is 5.15. The molecule has 0 saturated heterocycles. The van der Waals surface area contributed by atoms with E-state index in [1.54, 1.807) is 0 Å². The summed E-state index contributed by atoms with van der Waals surface area (Å²) in [5.41, 5.74) is 3.00. The number of hydrogen-bond acceptors (Lipinski definition) is 2. The lowest BCUT2D eigenvalue weighted by Gasteiger charge is -2.05. The van der Waals surface area contributed by atoms with Crippen LogP contribution in [0.25, 0.3) is 10.9 Å². The summed E-state index contributed by atoms with van der Waals surface area (Å²) in [6, 6.07) is 18.3. The van der Waals surface area contributed by atoms with Crippen LogP contribution in [0.1, 0.15) is 15.9 Å². The second-order valence-corrected chi connectivity index (χ2v) is 5.60. The smallest absolute Gasteiger partial charge is 0.253 e. The molecule has 1 aromatic heterocycles. The lowest BCUT2D eigenvalue weighted by Crippen LogP contribution is -2.25. The van der Waals surface area contributed by atoms with E-state index in [1.165, 1.54) is 5.56 Å². The first-order chi connectivity index (χ1) is 10.8. The summed E-state index contributed by atoms with van der Waals surface area (Å²) >= 11 is 4.13. The van der Waals surface area contributed by atoms with Crippen LogP contribution in [0.3, 0.4) is 0 Å². The molecule has 1 heterocycles. The normalized spacial score (nSPS) is 10.8. The first-order valence-electron chi connectivity index (χ1n) is 7.30. The third kappa shape index (κ3) is 3.02. The van der Waals surface area contributed by atoms with Crippen molar-refractivity contribution >= 4 is 29.4 Å². The average molecular weight is 310 g/mol. The van der Waals surface area contributed by atoms with Crippen molar-refractivity contribution in [1.82, 2.24) is 9.88 Å². The fourth-order valence-corrected chi connectivity index (χ4v) is 2.72. The van der Waals surface area contributed by atoms with Crippen LogP contribution in [0.5, 0.6) is 0 Å². The summed E-state index contributed by atoms with van der Waals surface area (Å²) in [4.78, 5) is 12.3. The number of carbonyl (C=O) groups is 1. The molecule has 0 saturated carbocycles. The Morgan fingerprint density at radius 2 is 1.77 bits per heavy atom. The van der Waals surface area contributed by atoms with Crippen molar-refractivity contribution in [3.63, 3.8) is 0 Å². The summed E-state index contributed by atoms with van der Waals surface area (Å²) in [7, 11) is 0. The number of fused-ring (bicyclic) bond motifs is 1. The molecule has 3 aromatic rings. The molecular weight excluding hydrogens is 292 g/mol. The van der Waals surface area contributed by atoms with E-state index in [-0.39, 0.29) is 5.91 Å². The van der Waals surface area contributed by atoms with Crippen molar-refractivity contribution < 1.29 is 4.79 Å². The minimum atomic E-state index is -0.0444. The minimum absolute atomic E-state index is 0.0444. The van der Waals surface area contributed by atoms with Gasteiger partial charge in [0.15, 0.2) is 0 Å². The van der Waals surface area contributed by atoms with E-state index in [2.05, 4.69) is 34.6 Å². The van der Waals surface area contributed by atoms with Gasteiger partial charge in [0, 0.05) is 35.9 Å². The van der Waals surface area contributed by atoms with E-state index in [9.17, 15) is 4.79 Å². The molecule has 0 spiro atoms. The van der Waals surface area contributed by atoms with Gasteiger partial charge in [-0.1, -0.05) is 48.5 Å². The second kappa shape index (κ2) is 6.71. The highest BCUT2D eigenvalue weighted by Crippen LogP contribution is 2.22. The van der Waals surface area contributed by atoms with Crippen LogP contribution in [-0.2, 0) is 6.54 Å². The molecule has 0 bridgehead atoms. The average Bonchev–Trinajstić information content (AvgIpc) is 2.93. The van der Waals surface area contributed by atoms with Crippen molar-refractivity contribution in [1.29, 1.82) is 0 Å². The van der Waals surface area contributed by atoms with Gasteiger partial charge in [0.2, 0.25) is 0 Å². The van der Waals surface area contributed by atoms with E-state index < -0.39 is 0 Å². The van der Waals surface area contributed by atoms with Gasteiger partial charge in [-0.25, -0.2) is 0 Å². The van der Waals surface area contributed by atoms with Gasteiger partial charge in [0.25, 0.3) is 5.91 Å². The fraction of sp³-hybridized carbons (Fsp3) is 0.167. The Balaban J connectivity index is 1.99. The lowest BCUT2D eigenvalue weighted by molar-refractivity contribution is 0.0957. The molecule has 0 unspecified atom stereocenters. The highest BCUT2D eigenvalue weighted by atomic mass is 32.1. The molecule has 0 atom stereocenters. The molecule has 1 amide bonds. The Morgan fingerprint density at radius 1 is 1.05 bits per heavy atom. The van der Waals surface area contributed by atoms with Gasteiger partial charge in [0.05, 0.1) is 5.56 Å². The topological polar surface area (TPSA) is 34.0 Å². The maximum atomic E-state index is 12.3. The number of rotatable bonds is 5. The number of benzene rings is 2. The molecule has 0 radical (unpaired) electrons. The van der Waals surface area contributed by atoms with Crippen LogP contribution in [0, 0.1) is 0 Å².